The van der Waals surface area contributed by atoms with Crippen LogP contribution in [0, 0.1) is 12.7 Å². The fourth-order valence-corrected chi connectivity index (χ4v) is 3.02. The smallest absolute Gasteiger partial charge is 0.126 e. The van der Waals surface area contributed by atoms with Crippen LogP contribution in [-0.4, -0.2) is 44.2 Å². The molecule has 0 bridgehead atoms. The molecule has 0 spiro atoms. The van der Waals surface area contributed by atoms with Gasteiger partial charge in [0.25, 0.3) is 0 Å². The molecule has 1 unspecified atom stereocenters. The van der Waals surface area contributed by atoms with Crippen molar-refractivity contribution in [3.05, 3.63) is 29.1 Å². The molecule has 0 aromatic heterocycles. The van der Waals surface area contributed by atoms with Gasteiger partial charge in [0.2, 0.25) is 0 Å². The lowest BCUT2D eigenvalue weighted by atomic mass is 10.0. The van der Waals surface area contributed by atoms with Crippen molar-refractivity contribution in [3.63, 3.8) is 0 Å². The van der Waals surface area contributed by atoms with Gasteiger partial charge in [-0.05, 0) is 50.2 Å². The molecular formula is C17H28FN3. The Kier molecular flexibility index (Phi) is 5.59. The summed E-state index contributed by atoms with van der Waals surface area (Å²) in [6.07, 6.45) is 0. The van der Waals surface area contributed by atoms with E-state index in [2.05, 4.69) is 35.9 Å². The van der Waals surface area contributed by atoms with E-state index in [1.54, 1.807) is 6.07 Å². The lowest BCUT2D eigenvalue weighted by Crippen LogP contribution is -2.46. The number of rotatable bonds is 5. The Balaban J connectivity index is 2.26. The molecule has 0 aliphatic carbocycles. The van der Waals surface area contributed by atoms with Crippen LogP contribution in [0.3, 0.4) is 0 Å². The quantitative estimate of drug-likeness (QED) is 0.900. The number of aryl methyl sites for hydroxylation is 1. The van der Waals surface area contributed by atoms with Crippen molar-refractivity contribution in [1.82, 2.24) is 10.2 Å². The molecule has 1 aromatic carbocycles. The summed E-state index contributed by atoms with van der Waals surface area (Å²) >= 11 is 0. The third kappa shape index (κ3) is 3.74. The summed E-state index contributed by atoms with van der Waals surface area (Å²) in [6.45, 7) is 14.5. The molecule has 1 heterocycles. The van der Waals surface area contributed by atoms with E-state index in [9.17, 15) is 4.39 Å². The Hall–Kier alpha value is -1.13. The average molecular weight is 293 g/mol. The second kappa shape index (κ2) is 7.23. The summed E-state index contributed by atoms with van der Waals surface area (Å²) in [4.78, 5) is 4.86. The molecule has 2 rings (SSSR count). The zero-order chi connectivity index (χ0) is 15.4. The van der Waals surface area contributed by atoms with E-state index in [-0.39, 0.29) is 11.9 Å². The molecule has 21 heavy (non-hydrogen) atoms. The Labute approximate surface area is 128 Å². The van der Waals surface area contributed by atoms with Gasteiger partial charge in [0.1, 0.15) is 5.82 Å². The van der Waals surface area contributed by atoms with Crippen LogP contribution in [0.2, 0.25) is 0 Å². The molecule has 1 saturated heterocycles. The van der Waals surface area contributed by atoms with Crippen LogP contribution < -0.4 is 10.2 Å². The molecule has 4 heteroatoms. The second-order valence-electron chi connectivity index (χ2n) is 5.86. The second-order valence-corrected chi connectivity index (χ2v) is 5.86. The number of halogens is 1. The van der Waals surface area contributed by atoms with Crippen LogP contribution in [0.4, 0.5) is 10.1 Å². The highest BCUT2D eigenvalue weighted by atomic mass is 19.1. The number of nitrogens with one attached hydrogen (secondary N) is 1. The van der Waals surface area contributed by atoms with E-state index in [1.807, 2.05) is 13.0 Å². The molecule has 3 nitrogen and oxygen atoms in total. The van der Waals surface area contributed by atoms with Gasteiger partial charge in [-0.2, -0.15) is 0 Å². The molecule has 0 saturated carbocycles. The summed E-state index contributed by atoms with van der Waals surface area (Å²) in [5.74, 6) is -0.106. The predicted octanol–water partition coefficient (Wildman–Crippen LogP) is 2.95. The third-order valence-electron chi connectivity index (χ3n) is 4.44. The molecule has 1 aromatic rings. The molecule has 1 fully saturated rings. The van der Waals surface area contributed by atoms with E-state index in [0.29, 0.717) is 0 Å². The number of hydrogen-bond acceptors (Lipinski definition) is 3. The Bertz CT molecular complexity index is 467. The first kappa shape index (κ1) is 16.2. The highest BCUT2D eigenvalue weighted by molar-refractivity contribution is 5.57. The standard InChI is InChI=1S/C17H28FN3/c1-5-19-14(4)15-12-16(18)13(3)11-17(15)21-9-7-20(6-2)8-10-21/h11-12,14,19H,5-10H2,1-4H3. The van der Waals surface area contributed by atoms with Crippen LogP contribution in [0.25, 0.3) is 0 Å². The average Bonchev–Trinajstić information content (AvgIpc) is 2.50. The van der Waals surface area contributed by atoms with Crippen molar-refractivity contribution in [2.45, 2.75) is 33.7 Å². The summed E-state index contributed by atoms with van der Waals surface area (Å²) in [6, 6.07) is 3.90. The number of likely N-dealkylation sites (N-methyl/N-ethyl adjacent to an activating group) is 1. The molecule has 1 N–H and O–H groups in total. The third-order valence-corrected chi connectivity index (χ3v) is 4.44. The minimum atomic E-state index is -0.106. The van der Waals surface area contributed by atoms with Crippen molar-refractivity contribution in [1.29, 1.82) is 0 Å². The van der Waals surface area contributed by atoms with Crippen LogP contribution in [0.1, 0.15) is 37.9 Å². The van der Waals surface area contributed by atoms with Gasteiger partial charge >= 0.3 is 0 Å². The Morgan fingerprint density at radius 1 is 1.19 bits per heavy atom. The van der Waals surface area contributed by atoms with E-state index >= 15 is 0 Å². The zero-order valence-electron chi connectivity index (χ0n) is 13.7. The van der Waals surface area contributed by atoms with E-state index in [0.717, 1.165) is 50.4 Å². The molecule has 1 atom stereocenters. The molecule has 118 valence electrons. The zero-order valence-corrected chi connectivity index (χ0v) is 13.7. The van der Waals surface area contributed by atoms with Crippen molar-refractivity contribution >= 4 is 5.69 Å². The van der Waals surface area contributed by atoms with Gasteiger partial charge < -0.3 is 15.1 Å². The van der Waals surface area contributed by atoms with Crippen LogP contribution in [-0.2, 0) is 0 Å². The van der Waals surface area contributed by atoms with Gasteiger partial charge in [-0.25, -0.2) is 4.39 Å². The van der Waals surface area contributed by atoms with Crippen LogP contribution >= 0.6 is 0 Å². The topological polar surface area (TPSA) is 18.5 Å². The highest BCUT2D eigenvalue weighted by Gasteiger charge is 2.21. The van der Waals surface area contributed by atoms with Gasteiger partial charge in [0.15, 0.2) is 0 Å². The summed E-state index contributed by atoms with van der Waals surface area (Å²) < 4.78 is 14.0. The minimum absolute atomic E-state index is 0.106. The number of hydrogen-bond donors (Lipinski definition) is 1. The Morgan fingerprint density at radius 2 is 1.86 bits per heavy atom. The van der Waals surface area contributed by atoms with E-state index in [4.69, 9.17) is 0 Å². The van der Waals surface area contributed by atoms with Crippen LogP contribution in [0.5, 0.6) is 0 Å². The predicted molar refractivity (Wildman–Crippen MR) is 87.6 cm³/mol. The van der Waals surface area contributed by atoms with Crippen molar-refractivity contribution < 1.29 is 4.39 Å². The maximum Gasteiger partial charge on any atom is 0.126 e. The van der Waals surface area contributed by atoms with Crippen molar-refractivity contribution in [3.8, 4) is 0 Å². The lowest BCUT2D eigenvalue weighted by Gasteiger charge is -2.37. The SMILES string of the molecule is CCNC(C)c1cc(F)c(C)cc1N1CCN(CC)CC1. The molecule has 1 aliphatic heterocycles. The molecule has 1 aliphatic rings. The fourth-order valence-electron chi connectivity index (χ4n) is 3.02. The maximum atomic E-state index is 14.0. The van der Waals surface area contributed by atoms with E-state index in [1.165, 1.54) is 5.69 Å². The number of anilines is 1. The van der Waals surface area contributed by atoms with Gasteiger partial charge in [0.05, 0.1) is 0 Å². The summed E-state index contributed by atoms with van der Waals surface area (Å²) in [7, 11) is 0. The summed E-state index contributed by atoms with van der Waals surface area (Å²) in [5.41, 5.74) is 3.00. The fraction of sp³-hybridized carbons (Fsp3) is 0.647. The van der Waals surface area contributed by atoms with E-state index < -0.39 is 0 Å². The number of nitrogens with zero attached hydrogens (tertiary/aromatic N) is 2. The lowest BCUT2D eigenvalue weighted by molar-refractivity contribution is 0.271. The monoisotopic (exact) mass is 293 g/mol. The van der Waals surface area contributed by atoms with Crippen LogP contribution in [0.15, 0.2) is 12.1 Å². The van der Waals surface area contributed by atoms with Gasteiger partial charge in [-0.1, -0.05) is 13.8 Å². The van der Waals surface area contributed by atoms with Gasteiger partial charge in [-0.15, -0.1) is 0 Å². The molecular weight excluding hydrogens is 265 g/mol. The number of benzene rings is 1. The first-order valence-electron chi connectivity index (χ1n) is 8.07. The van der Waals surface area contributed by atoms with Crippen molar-refractivity contribution in [2.75, 3.05) is 44.2 Å². The molecule has 0 amide bonds. The molecule has 0 radical (unpaired) electrons. The largest absolute Gasteiger partial charge is 0.369 e. The first-order valence-corrected chi connectivity index (χ1v) is 8.07. The summed E-state index contributed by atoms with van der Waals surface area (Å²) in [5, 5.41) is 3.40. The first-order chi connectivity index (χ1) is 10.1. The number of piperazine rings is 1. The minimum Gasteiger partial charge on any atom is -0.369 e. The Morgan fingerprint density at radius 3 is 2.43 bits per heavy atom. The van der Waals surface area contributed by atoms with Gasteiger partial charge in [-0.3, -0.25) is 0 Å². The highest BCUT2D eigenvalue weighted by Crippen LogP contribution is 2.30. The van der Waals surface area contributed by atoms with Crippen molar-refractivity contribution in [2.24, 2.45) is 0 Å². The normalized spacial score (nSPS) is 18.0. The maximum absolute atomic E-state index is 14.0. The van der Waals surface area contributed by atoms with Gasteiger partial charge in [0, 0.05) is 37.9 Å².